The van der Waals surface area contributed by atoms with Crippen molar-refractivity contribution in [1.29, 1.82) is 0 Å². The Bertz CT molecular complexity index is 636. The number of hydrogen-bond donors (Lipinski definition) is 2. The molecule has 7 nitrogen and oxygen atoms in total. The van der Waals surface area contributed by atoms with E-state index in [1.165, 1.54) is 0 Å². The molecule has 1 heterocycles. The number of aliphatic carboxylic acids is 1. The third-order valence-corrected chi connectivity index (χ3v) is 3.06. The molecule has 2 rings (SSSR count). The summed E-state index contributed by atoms with van der Waals surface area (Å²) in [6.07, 6.45) is 0.575. The normalized spacial score (nSPS) is 10.7. The largest absolute Gasteiger partial charge is 0.493 e. The number of ether oxygens (including phenoxy) is 2. The van der Waals surface area contributed by atoms with Crippen molar-refractivity contribution in [3.63, 3.8) is 0 Å². The zero-order chi connectivity index (χ0) is 14.7. The first-order valence-corrected chi connectivity index (χ1v) is 6.16. The number of methoxy groups -OCH3 is 2. The van der Waals surface area contributed by atoms with E-state index in [4.69, 9.17) is 20.3 Å². The van der Waals surface area contributed by atoms with E-state index < -0.39 is 5.97 Å². The zero-order valence-corrected chi connectivity index (χ0v) is 11.4. The van der Waals surface area contributed by atoms with Gasteiger partial charge in [-0.25, -0.2) is 4.98 Å². The molecule has 1 aromatic carbocycles. The summed E-state index contributed by atoms with van der Waals surface area (Å²) in [5.41, 5.74) is 7.36. The maximum absolute atomic E-state index is 10.6. The number of carboxylic acid groups (broad SMARTS) is 1. The van der Waals surface area contributed by atoms with Gasteiger partial charge in [0.2, 0.25) is 5.95 Å². The molecule has 0 aliphatic carbocycles. The topological polar surface area (TPSA) is 99.6 Å². The maximum Gasteiger partial charge on any atom is 0.303 e. The standard InChI is InChI=1S/C13H17N3O4/c1-19-10-6-8-9(7-11(10)20-2)16(13(14)15-8)5-3-4-12(17)18/h6-7H,3-5H2,1-2H3,(H2,14,15)(H,17,18). The van der Waals surface area contributed by atoms with Crippen LogP contribution in [0.15, 0.2) is 12.1 Å². The van der Waals surface area contributed by atoms with Gasteiger partial charge < -0.3 is 24.9 Å². The first-order valence-electron chi connectivity index (χ1n) is 6.16. The van der Waals surface area contributed by atoms with Crippen molar-refractivity contribution >= 4 is 23.0 Å². The Balaban J connectivity index is 2.38. The number of hydrogen-bond acceptors (Lipinski definition) is 5. The molecule has 108 valence electrons. The molecule has 3 N–H and O–H groups in total. The molecular weight excluding hydrogens is 262 g/mol. The Morgan fingerprint density at radius 2 is 2.00 bits per heavy atom. The van der Waals surface area contributed by atoms with Gasteiger partial charge in [-0.1, -0.05) is 0 Å². The molecule has 0 unspecified atom stereocenters. The number of carbonyl (C=O) groups is 1. The minimum Gasteiger partial charge on any atom is -0.493 e. The van der Waals surface area contributed by atoms with Gasteiger partial charge in [0.25, 0.3) is 0 Å². The highest BCUT2D eigenvalue weighted by Crippen LogP contribution is 2.33. The van der Waals surface area contributed by atoms with E-state index in [2.05, 4.69) is 4.98 Å². The molecule has 2 aromatic rings. The highest BCUT2D eigenvalue weighted by molar-refractivity contribution is 5.82. The molecule has 20 heavy (non-hydrogen) atoms. The van der Waals surface area contributed by atoms with Crippen molar-refractivity contribution in [2.75, 3.05) is 20.0 Å². The SMILES string of the molecule is COc1cc2nc(N)n(CCCC(=O)O)c2cc1OC. The van der Waals surface area contributed by atoms with Gasteiger partial charge >= 0.3 is 5.97 Å². The molecular formula is C13H17N3O4. The number of rotatable bonds is 6. The van der Waals surface area contributed by atoms with Crippen LogP contribution in [0, 0.1) is 0 Å². The second kappa shape index (κ2) is 5.68. The fourth-order valence-electron chi connectivity index (χ4n) is 2.09. The van der Waals surface area contributed by atoms with Gasteiger partial charge in [0.05, 0.1) is 25.3 Å². The molecule has 0 aliphatic heterocycles. The van der Waals surface area contributed by atoms with Crippen LogP contribution in [0.25, 0.3) is 11.0 Å². The highest BCUT2D eigenvalue weighted by Gasteiger charge is 2.13. The van der Waals surface area contributed by atoms with E-state index in [0.717, 1.165) is 5.52 Å². The lowest BCUT2D eigenvalue weighted by molar-refractivity contribution is -0.137. The summed E-state index contributed by atoms with van der Waals surface area (Å²) in [5.74, 6) is 0.683. The summed E-state index contributed by atoms with van der Waals surface area (Å²) in [7, 11) is 3.11. The van der Waals surface area contributed by atoms with Crippen LogP contribution in [0.3, 0.4) is 0 Å². The molecule has 0 radical (unpaired) electrons. The number of benzene rings is 1. The van der Waals surface area contributed by atoms with E-state index in [1.54, 1.807) is 30.9 Å². The lowest BCUT2D eigenvalue weighted by Crippen LogP contribution is -2.05. The van der Waals surface area contributed by atoms with E-state index in [9.17, 15) is 4.79 Å². The molecule has 0 saturated heterocycles. The minimum absolute atomic E-state index is 0.0897. The van der Waals surface area contributed by atoms with Crippen molar-refractivity contribution in [2.24, 2.45) is 0 Å². The molecule has 7 heteroatoms. The summed E-state index contributed by atoms with van der Waals surface area (Å²) in [5, 5.41) is 8.68. The van der Waals surface area contributed by atoms with Gasteiger partial charge in [0.15, 0.2) is 11.5 Å². The third-order valence-electron chi connectivity index (χ3n) is 3.06. The predicted octanol–water partition coefficient (Wildman–Crippen LogP) is 1.50. The first kappa shape index (κ1) is 14.0. The molecule has 0 saturated carbocycles. The van der Waals surface area contributed by atoms with Crippen molar-refractivity contribution in [2.45, 2.75) is 19.4 Å². The number of anilines is 1. The predicted molar refractivity (Wildman–Crippen MR) is 74.1 cm³/mol. The van der Waals surface area contributed by atoms with Crippen LogP contribution in [-0.4, -0.2) is 34.8 Å². The Labute approximate surface area is 115 Å². The fraction of sp³-hybridized carbons (Fsp3) is 0.385. The molecule has 0 bridgehead atoms. The summed E-state index contributed by atoms with van der Waals surface area (Å²) < 4.78 is 12.2. The van der Waals surface area contributed by atoms with E-state index >= 15 is 0 Å². The Kier molecular flexibility index (Phi) is 3.97. The number of fused-ring (bicyclic) bond motifs is 1. The van der Waals surface area contributed by atoms with E-state index in [1.807, 2.05) is 0 Å². The Morgan fingerprint density at radius 3 is 2.60 bits per heavy atom. The number of aryl methyl sites for hydroxylation is 1. The quantitative estimate of drug-likeness (QED) is 0.831. The maximum atomic E-state index is 10.6. The van der Waals surface area contributed by atoms with Crippen molar-refractivity contribution in [3.05, 3.63) is 12.1 Å². The van der Waals surface area contributed by atoms with Gasteiger partial charge in [0.1, 0.15) is 0 Å². The van der Waals surface area contributed by atoms with Crippen molar-refractivity contribution in [1.82, 2.24) is 9.55 Å². The van der Waals surface area contributed by atoms with Gasteiger partial charge in [-0.05, 0) is 6.42 Å². The van der Waals surface area contributed by atoms with Crippen molar-refractivity contribution < 1.29 is 19.4 Å². The second-order valence-corrected chi connectivity index (χ2v) is 4.31. The lowest BCUT2D eigenvalue weighted by atomic mass is 10.2. The molecule has 0 spiro atoms. The molecule has 0 aliphatic rings. The Hall–Kier alpha value is -2.44. The number of carboxylic acids is 1. The van der Waals surface area contributed by atoms with Crippen molar-refractivity contribution in [3.8, 4) is 11.5 Å². The number of nitrogen functional groups attached to an aromatic ring is 1. The number of aromatic nitrogens is 2. The second-order valence-electron chi connectivity index (χ2n) is 4.31. The summed E-state index contributed by atoms with van der Waals surface area (Å²) in [6, 6.07) is 3.54. The fourth-order valence-corrected chi connectivity index (χ4v) is 2.09. The van der Waals surface area contributed by atoms with Crippen LogP contribution in [0.2, 0.25) is 0 Å². The van der Waals surface area contributed by atoms with E-state index in [-0.39, 0.29) is 6.42 Å². The molecule has 0 fully saturated rings. The smallest absolute Gasteiger partial charge is 0.303 e. The van der Waals surface area contributed by atoms with Crippen LogP contribution in [0.1, 0.15) is 12.8 Å². The summed E-state index contributed by atoms with van der Waals surface area (Å²) in [6.45, 7) is 0.490. The van der Waals surface area contributed by atoms with Crippen LogP contribution in [0.4, 0.5) is 5.95 Å². The zero-order valence-electron chi connectivity index (χ0n) is 11.4. The molecule has 1 aromatic heterocycles. The Morgan fingerprint density at radius 1 is 1.35 bits per heavy atom. The molecule has 0 amide bonds. The minimum atomic E-state index is -0.827. The summed E-state index contributed by atoms with van der Waals surface area (Å²) in [4.78, 5) is 14.8. The van der Waals surface area contributed by atoms with Crippen LogP contribution in [0.5, 0.6) is 11.5 Å². The van der Waals surface area contributed by atoms with Crippen LogP contribution < -0.4 is 15.2 Å². The van der Waals surface area contributed by atoms with Crippen LogP contribution in [-0.2, 0) is 11.3 Å². The third kappa shape index (κ3) is 2.61. The number of imidazole rings is 1. The highest BCUT2D eigenvalue weighted by atomic mass is 16.5. The molecule has 0 atom stereocenters. The van der Waals surface area contributed by atoms with Gasteiger partial charge in [0, 0.05) is 25.1 Å². The number of nitrogens with zero attached hydrogens (tertiary/aromatic N) is 2. The summed E-state index contributed by atoms with van der Waals surface area (Å²) >= 11 is 0. The van der Waals surface area contributed by atoms with E-state index in [0.29, 0.717) is 35.9 Å². The lowest BCUT2D eigenvalue weighted by Gasteiger charge is -2.09. The van der Waals surface area contributed by atoms with Gasteiger partial charge in [-0.2, -0.15) is 0 Å². The first-order chi connectivity index (χ1) is 9.56. The average molecular weight is 279 g/mol. The monoisotopic (exact) mass is 279 g/mol. The van der Waals surface area contributed by atoms with Crippen LogP contribution >= 0.6 is 0 Å². The average Bonchev–Trinajstić information content (AvgIpc) is 2.72. The van der Waals surface area contributed by atoms with Gasteiger partial charge in [-0.15, -0.1) is 0 Å². The number of nitrogens with two attached hydrogens (primary N) is 1. The van der Waals surface area contributed by atoms with Gasteiger partial charge in [-0.3, -0.25) is 4.79 Å².